The number of pyridine rings is 1. The number of anilines is 1. The van der Waals surface area contributed by atoms with Crippen molar-refractivity contribution in [2.24, 2.45) is 0 Å². The Morgan fingerprint density at radius 1 is 1.15 bits per heavy atom. The number of sulfonamides is 1. The summed E-state index contributed by atoms with van der Waals surface area (Å²) < 4.78 is 27.4. The molecule has 0 spiro atoms. The van der Waals surface area contributed by atoms with E-state index in [-0.39, 0.29) is 0 Å². The molecule has 0 bridgehead atoms. The average Bonchev–Trinajstić information content (AvgIpc) is 2.42. The van der Waals surface area contributed by atoms with Crippen LogP contribution in [0.1, 0.15) is 11.1 Å². The maximum absolute atomic E-state index is 12.4. The molecule has 0 amide bonds. The second-order valence-electron chi connectivity index (χ2n) is 4.41. The number of hydrogen-bond donors (Lipinski definition) is 2. The van der Waals surface area contributed by atoms with E-state index in [1.807, 2.05) is 20.0 Å². The van der Waals surface area contributed by atoms with Crippen LogP contribution in [0.15, 0.2) is 47.6 Å². The Morgan fingerprint density at radius 2 is 1.85 bits per heavy atom. The third-order valence-electron chi connectivity index (χ3n) is 2.99. The molecule has 1 heterocycles. The number of aromatic nitrogens is 1. The molecule has 20 heavy (non-hydrogen) atoms. The van der Waals surface area contributed by atoms with Crippen molar-refractivity contribution in [3.63, 3.8) is 0 Å². The van der Waals surface area contributed by atoms with Crippen LogP contribution in [0.3, 0.4) is 0 Å². The maximum atomic E-state index is 12.4. The van der Waals surface area contributed by atoms with E-state index in [9.17, 15) is 8.42 Å². The van der Waals surface area contributed by atoms with Crippen LogP contribution in [0.2, 0.25) is 0 Å². The molecule has 1 aromatic heterocycles. The van der Waals surface area contributed by atoms with Crippen molar-refractivity contribution in [3.05, 3.63) is 53.9 Å². The molecule has 0 aliphatic carbocycles. The lowest BCUT2D eigenvalue weighted by Gasteiger charge is -2.13. The summed E-state index contributed by atoms with van der Waals surface area (Å²) in [4.78, 5) is 4.15. The highest BCUT2D eigenvalue weighted by Gasteiger charge is 2.18. The molecule has 1 aromatic carbocycles. The van der Waals surface area contributed by atoms with E-state index in [1.54, 1.807) is 36.7 Å². The van der Waals surface area contributed by atoms with E-state index < -0.39 is 10.0 Å². The largest absolute Gasteiger partial charge is 0.316 e. The molecule has 0 saturated heterocycles. The number of rotatable bonds is 5. The van der Waals surface area contributed by atoms with Gasteiger partial charge in [-0.3, -0.25) is 9.71 Å². The van der Waals surface area contributed by atoms with Crippen molar-refractivity contribution in [2.75, 3.05) is 11.8 Å². The first-order valence-corrected chi connectivity index (χ1v) is 7.69. The summed E-state index contributed by atoms with van der Waals surface area (Å²) in [7, 11) is -1.76. The zero-order valence-electron chi connectivity index (χ0n) is 11.4. The van der Waals surface area contributed by atoms with Gasteiger partial charge >= 0.3 is 0 Å². The minimum Gasteiger partial charge on any atom is -0.316 e. The molecule has 0 fully saturated rings. The van der Waals surface area contributed by atoms with Gasteiger partial charge in [0.25, 0.3) is 10.0 Å². The van der Waals surface area contributed by atoms with Gasteiger partial charge in [-0.05, 0) is 43.3 Å². The molecule has 0 radical (unpaired) electrons. The highest BCUT2D eigenvalue weighted by Crippen LogP contribution is 2.21. The van der Waals surface area contributed by atoms with Crippen LogP contribution >= 0.6 is 0 Å². The molecule has 106 valence electrons. The molecule has 6 heteroatoms. The molecule has 0 aliphatic rings. The van der Waals surface area contributed by atoms with Crippen LogP contribution < -0.4 is 10.0 Å². The summed E-state index contributed by atoms with van der Waals surface area (Å²) in [6, 6.07) is 8.50. The van der Waals surface area contributed by atoms with E-state index >= 15 is 0 Å². The predicted octanol–water partition coefficient (Wildman–Crippen LogP) is 1.91. The fraction of sp³-hybridized carbons (Fsp3) is 0.214. The summed E-state index contributed by atoms with van der Waals surface area (Å²) in [5.41, 5.74) is 2.21. The summed E-state index contributed by atoms with van der Waals surface area (Å²) in [5.74, 6) is 0. The standard InChI is InChI=1S/C14H17N3O2S/c1-11-12(10-15-2)4-3-5-14(11)20(18,19)17-13-6-8-16-9-7-13/h3-9,15H,10H2,1-2H3,(H,16,17). The fourth-order valence-corrected chi connectivity index (χ4v) is 3.31. The Morgan fingerprint density at radius 3 is 2.50 bits per heavy atom. The van der Waals surface area contributed by atoms with Crippen molar-refractivity contribution < 1.29 is 8.42 Å². The Kier molecular flexibility index (Phi) is 4.36. The topological polar surface area (TPSA) is 71.1 Å². The van der Waals surface area contributed by atoms with Crippen molar-refractivity contribution in [1.82, 2.24) is 10.3 Å². The quantitative estimate of drug-likeness (QED) is 0.883. The summed E-state index contributed by atoms with van der Waals surface area (Å²) >= 11 is 0. The van der Waals surface area contributed by atoms with Gasteiger partial charge in [-0.1, -0.05) is 12.1 Å². The normalized spacial score (nSPS) is 11.3. The Labute approximate surface area is 119 Å². The molecular weight excluding hydrogens is 274 g/mol. The zero-order chi connectivity index (χ0) is 14.6. The molecule has 2 rings (SSSR count). The number of hydrogen-bond acceptors (Lipinski definition) is 4. The van der Waals surface area contributed by atoms with Crippen LogP contribution in [0.4, 0.5) is 5.69 Å². The zero-order valence-corrected chi connectivity index (χ0v) is 12.2. The number of nitrogens with one attached hydrogen (secondary N) is 2. The fourth-order valence-electron chi connectivity index (χ4n) is 1.96. The van der Waals surface area contributed by atoms with Gasteiger partial charge < -0.3 is 5.32 Å². The molecular formula is C14H17N3O2S. The molecule has 5 nitrogen and oxygen atoms in total. The van der Waals surface area contributed by atoms with E-state index in [0.29, 0.717) is 17.1 Å². The molecule has 0 saturated carbocycles. The van der Waals surface area contributed by atoms with E-state index in [0.717, 1.165) is 11.1 Å². The molecule has 0 aliphatic heterocycles. The predicted molar refractivity (Wildman–Crippen MR) is 79.0 cm³/mol. The lowest BCUT2D eigenvalue weighted by molar-refractivity contribution is 0.600. The lowest BCUT2D eigenvalue weighted by Crippen LogP contribution is -2.16. The molecule has 0 atom stereocenters. The molecule has 2 N–H and O–H groups in total. The van der Waals surface area contributed by atoms with Crippen molar-refractivity contribution >= 4 is 15.7 Å². The van der Waals surface area contributed by atoms with Crippen molar-refractivity contribution in [1.29, 1.82) is 0 Å². The smallest absolute Gasteiger partial charge is 0.262 e. The first-order valence-electron chi connectivity index (χ1n) is 6.20. The van der Waals surface area contributed by atoms with Gasteiger partial charge in [-0.15, -0.1) is 0 Å². The van der Waals surface area contributed by atoms with Gasteiger partial charge in [0.05, 0.1) is 10.6 Å². The van der Waals surface area contributed by atoms with Crippen LogP contribution in [0, 0.1) is 6.92 Å². The number of benzene rings is 1. The summed E-state index contributed by atoms with van der Waals surface area (Å²) in [6.07, 6.45) is 3.09. The average molecular weight is 291 g/mol. The summed E-state index contributed by atoms with van der Waals surface area (Å²) in [5, 5.41) is 3.03. The van der Waals surface area contributed by atoms with Crippen LogP contribution in [-0.2, 0) is 16.6 Å². The van der Waals surface area contributed by atoms with Crippen LogP contribution in [0.5, 0.6) is 0 Å². The second kappa shape index (κ2) is 6.02. The first-order chi connectivity index (χ1) is 9.54. The Balaban J connectivity index is 2.37. The highest BCUT2D eigenvalue weighted by molar-refractivity contribution is 7.92. The van der Waals surface area contributed by atoms with Crippen LogP contribution in [-0.4, -0.2) is 20.4 Å². The first kappa shape index (κ1) is 14.5. The third kappa shape index (κ3) is 3.15. The van der Waals surface area contributed by atoms with E-state index in [2.05, 4.69) is 15.0 Å². The Bertz CT molecular complexity index is 685. The van der Waals surface area contributed by atoms with Crippen LogP contribution in [0.25, 0.3) is 0 Å². The molecule has 0 unspecified atom stereocenters. The van der Waals surface area contributed by atoms with Crippen molar-refractivity contribution in [3.8, 4) is 0 Å². The molecule has 2 aromatic rings. The van der Waals surface area contributed by atoms with Gasteiger partial charge in [0.15, 0.2) is 0 Å². The highest BCUT2D eigenvalue weighted by atomic mass is 32.2. The summed E-state index contributed by atoms with van der Waals surface area (Å²) in [6.45, 7) is 2.44. The minimum absolute atomic E-state index is 0.294. The monoisotopic (exact) mass is 291 g/mol. The minimum atomic E-state index is -3.59. The lowest BCUT2D eigenvalue weighted by atomic mass is 10.1. The number of nitrogens with zero attached hydrogens (tertiary/aromatic N) is 1. The van der Waals surface area contributed by atoms with Gasteiger partial charge in [0.1, 0.15) is 0 Å². The third-order valence-corrected chi connectivity index (χ3v) is 4.51. The maximum Gasteiger partial charge on any atom is 0.262 e. The second-order valence-corrected chi connectivity index (χ2v) is 6.06. The van der Waals surface area contributed by atoms with Gasteiger partial charge in [-0.25, -0.2) is 8.42 Å². The van der Waals surface area contributed by atoms with Gasteiger partial charge in [-0.2, -0.15) is 0 Å². The van der Waals surface area contributed by atoms with E-state index in [4.69, 9.17) is 0 Å². The van der Waals surface area contributed by atoms with Gasteiger partial charge in [0, 0.05) is 18.9 Å². The SMILES string of the molecule is CNCc1cccc(S(=O)(=O)Nc2ccncc2)c1C. The van der Waals surface area contributed by atoms with E-state index in [1.165, 1.54) is 0 Å². The van der Waals surface area contributed by atoms with Crippen molar-refractivity contribution in [2.45, 2.75) is 18.4 Å². The van der Waals surface area contributed by atoms with Gasteiger partial charge in [0.2, 0.25) is 0 Å². The Hall–Kier alpha value is -1.92.